The lowest BCUT2D eigenvalue weighted by Crippen LogP contribution is -2.41. The molecule has 7 nitrogen and oxygen atoms in total. The lowest BCUT2D eigenvalue weighted by molar-refractivity contribution is -0.125. The van der Waals surface area contributed by atoms with Crippen molar-refractivity contribution in [2.45, 2.75) is 38.1 Å². The summed E-state index contributed by atoms with van der Waals surface area (Å²) in [6.07, 6.45) is 4.13. The van der Waals surface area contributed by atoms with Gasteiger partial charge in [0.25, 0.3) is 0 Å². The van der Waals surface area contributed by atoms with Crippen molar-refractivity contribution in [1.82, 2.24) is 15.3 Å². The van der Waals surface area contributed by atoms with E-state index in [0.717, 1.165) is 61.0 Å². The van der Waals surface area contributed by atoms with Crippen LogP contribution in [0.3, 0.4) is 0 Å². The topological polar surface area (TPSA) is 87.2 Å². The quantitative estimate of drug-likeness (QED) is 0.497. The van der Waals surface area contributed by atoms with Crippen LogP contribution < -0.4 is 15.5 Å². The first-order valence-corrected chi connectivity index (χ1v) is 11.4. The average molecular weight is 428 g/mol. The highest BCUT2D eigenvalue weighted by Crippen LogP contribution is 2.25. The highest BCUT2D eigenvalue weighted by atomic mass is 32.2. The van der Waals surface area contributed by atoms with Crippen molar-refractivity contribution in [3.63, 3.8) is 0 Å². The van der Waals surface area contributed by atoms with E-state index in [1.165, 1.54) is 18.1 Å². The number of anilines is 2. The van der Waals surface area contributed by atoms with Gasteiger partial charge in [-0.15, -0.1) is 0 Å². The number of carbonyl (C=O) groups is 2. The van der Waals surface area contributed by atoms with E-state index in [1.54, 1.807) is 0 Å². The van der Waals surface area contributed by atoms with Gasteiger partial charge in [0.15, 0.2) is 0 Å². The molecule has 1 aliphatic rings. The fourth-order valence-electron chi connectivity index (χ4n) is 3.38. The number of aromatic nitrogens is 2. The largest absolute Gasteiger partial charge is 0.356 e. The van der Waals surface area contributed by atoms with Crippen molar-refractivity contribution in [2.24, 2.45) is 5.92 Å². The summed E-state index contributed by atoms with van der Waals surface area (Å²) in [5.74, 6) is 1.31. The van der Waals surface area contributed by atoms with E-state index in [2.05, 4.69) is 32.4 Å². The number of para-hydroxylation sites is 1. The second-order valence-electron chi connectivity index (χ2n) is 7.42. The van der Waals surface area contributed by atoms with Gasteiger partial charge < -0.3 is 15.5 Å². The maximum absolute atomic E-state index is 12.3. The number of piperidine rings is 1. The molecule has 1 aromatic carbocycles. The number of hydrogen-bond donors (Lipinski definition) is 2. The molecule has 8 heteroatoms. The third-order valence-electron chi connectivity index (χ3n) is 5.14. The molecule has 0 bridgehead atoms. The fourth-order valence-corrected chi connectivity index (χ4v) is 4.05. The van der Waals surface area contributed by atoms with Crippen LogP contribution in [0, 0.1) is 12.8 Å². The van der Waals surface area contributed by atoms with Crippen LogP contribution in [-0.2, 0) is 9.59 Å². The first kappa shape index (κ1) is 22.1. The number of benzene rings is 1. The third-order valence-corrected chi connectivity index (χ3v) is 6.06. The lowest BCUT2D eigenvalue weighted by atomic mass is 9.96. The zero-order valence-corrected chi connectivity index (χ0v) is 18.4. The van der Waals surface area contributed by atoms with Crippen LogP contribution in [-0.4, -0.2) is 47.2 Å². The van der Waals surface area contributed by atoms with Crippen molar-refractivity contribution < 1.29 is 9.59 Å². The SMILES string of the molecule is CCCNC(=O)C1CCN(c2cc(SCC(=O)Nc3ccccc3C)ncn2)CC1. The lowest BCUT2D eigenvalue weighted by Gasteiger charge is -2.32. The minimum absolute atomic E-state index is 0.0617. The van der Waals surface area contributed by atoms with E-state index in [1.807, 2.05) is 37.3 Å². The van der Waals surface area contributed by atoms with Crippen LogP contribution in [0.1, 0.15) is 31.7 Å². The Hall–Kier alpha value is -2.61. The summed E-state index contributed by atoms with van der Waals surface area (Å²) < 4.78 is 0. The molecule has 1 aromatic heterocycles. The standard InChI is InChI=1S/C22H29N5O2S/c1-3-10-23-22(29)17-8-11-27(12-9-17)19-13-21(25-15-24-19)30-14-20(28)26-18-7-5-4-6-16(18)2/h4-7,13,15,17H,3,8-12,14H2,1-2H3,(H,23,29)(H,26,28). The summed E-state index contributed by atoms with van der Waals surface area (Å²) >= 11 is 1.39. The van der Waals surface area contributed by atoms with Crippen molar-refractivity contribution in [3.05, 3.63) is 42.2 Å². The average Bonchev–Trinajstić information content (AvgIpc) is 2.78. The molecule has 160 valence electrons. The monoisotopic (exact) mass is 427 g/mol. The molecule has 0 aliphatic carbocycles. The highest BCUT2D eigenvalue weighted by molar-refractivity contribution is 7.99. The molecule has 0 spiro atoms. The predicted octanol–water partition coefficient (Wildman–Crippen LogP) is 3.26. The van der Waals surface area contributed by atoms with Gasteiger partial charge in [-0.1, -0.05) is 36.9 Å². The van der Waals surface area contributed by atoms with Gasteiger partial charge in [-0.05, 0) is 37.8 Å². The number of nitrogens with zero attached hydrogens (tertiary/aromatic N) is 3. The summed E-state index contributed by atoms with van der Waals surface area (Å²) in [6.45, 7) is 6.34. The number of amides is 2. The van der Waals surface area contributed by atoms with Crippen LogP contribution >= 0.6 is 11.8 Å². The molecule has 0 atom stereocenters. The van der Waals surface area contributed by atoms with E-state index in [-0.39, 0.29) is 23.5 Å². The Morgan fingerprint density at radius 2 is 1.97 bits per heavy atom. The molecule has 1 saturated heterocycles. The van der Waals surface area contributed by atoms with Crippen LogP contribution in [0.5, 0.6) is 0 Å². The second-order valence-corrected chi connectivity index (χ2v) is 8.41. The summed E-state index contributed by atoms with van der Waals surface area (Å²) in [7, 11) is 0. The molecule has 2 N–H and O–H groups in total. The first-order valence-electron chi connectivity index (χ1n) is 10.4. The fraction of sp³-hybridized carbons (Fsp3) is 0.455. The summed E-state index contributed by atoms with van der Waals surface area (Å²) in [5, 5.41) is 6.69. The van der Waals surface area contributed by atoms with Crippen LogP contribution in [0.25, 0.3) is 0 Å². The van der Waals surface area contributed by atoms with E-state index >= 15 is 0 Å². The first-order chi connectivity index (χ1) is 14.6. The normalized spacial score (nSPS) is 14.4. The minimum atomic E-state index is -0.0617. The number of aryl methyl sites for hydroxylation is 1. The minimum Gasteiger partial charge on any atom is -0.356 e. The molecule has 2 aromatic rings. The Morgan fingerprint density at radius 3 is 2.70 bits per heavy atom. The molecule has 0 radical (unpaired) electrons. The van der Waals surface area contributed by atoms with Crippen LogP contribution in [0.15, 0.2) is 41.7 Å². The Labute approximate surface area is 182 Å². The summed E-state index contributed by atoms with van der Waals surface area (Å²) in [6, 6.07) is 9.64. The highest BCUT2D eigenvalue weighted by Gasteiger charge is 2.25. The number of thioether (sulfide) groups is 1. The van der Waals surface area contributed by atoms with E-state index in [4.69, 9.17) is 0 Å². The van der Waals surface area contributed by atoms with Crippen molar-refractivity contribution in [2.75, 3.05) is 35.6 Å². The van der Waals surface area contributed by atoms with E-state index < -0.39 is 0 Å². The number of hydrogen-bond acceptors (Lipinski definition) is 6. The van der Waals surface area contributed by atoms with Gasteiger partial charge in [-0.25, -0.2) is 9.97 Å². The summed E-state index contributed by atoms with van der Waals surface area (Å²) in [4.78, 5) is 35.3. The van der Waals surface area contributed by atoms with E-state index in [9.17, 15) is 9.59 Å². The van der Waals surface area contributed by atoms with Gasteiger partial charge in [0.05, 0.1) is 5.75 Å². The van der Waals surface area contributed by atoms with Crippen LogP contribution in [0.2, 0.25) is 0 Å². The van der Waals surface area contributed by atoms with E-state index in [0.29, 0.717) is 0 Å². The van der Waals surface area contributed by atoms with Crippen molar-refractivity contribution in [1.29, 1.82) is 0 Å². The predicted molar refractivity (Wildman–Crippen MR) is 121 cm³/mol. The molecule has 3 rings (SSSR count). The molecular weight excluding hydrogens is 398 g/mol. The van der Waals surface area contributed by atoms with Gasteiger partial charge >= 0.3 is 0 Å². The smallest absolute Gasteiger partial charge is 0.234 e. The van der Waals surface area contributed by atoms with Crippen LogP contribution in [0.4, 0.5) is 11.5 Å². The zero-order chi connectivity index (χ0) is 21.3. The Bertz CT molecular complexity index is 868. The number of nitrogens with one attached hydrogen (secondary N) is 2. The van der Waals surface area contributed by atoms with Crippen molar-refractivity contribution >= 4 is 35.1 Å². The summed E-state index contributed by atoms with van der Waals surface area (Å²) in [5.41, 5.74) is 1.87. The molecule has 30 heavy (non-hydrogen) atoms. The number of carbonyl (C=O) groups excluding carboxylic acids is 2. The Morgan fingerprint density at radius 1 is 1.20 bits per heavy atom. The third kappa shape index (κ3) is 6.19. The molecule has 1 fully saturated rings. The Kier molecular flexibility index (Phi) is 8.07. The van der Waals surface area contributed by atoms with Gasteiger partial charge in [-0.3, -0.25) is 9.59 Å². The molecular formula is C22H29N5O2S. The van der Waals surface area contributed by atoms with Crippen molar-refractivity contribution in [3.8, 4) is 0 Å². The Balaban J connectivity index is 1.50. The molecule has 2 amide bonds. The van der Waals surface area contributed by atoms with Gasteiger partial charge in [0.1, 0.15) is 17.2 Å². The molecule has 0 saturated carbocycles. The van der Waals surface area contributed by atoms with Gasteiger partial charge in [0, 0.05) is 37.3 Å². The van der Waals surface area contributed by atoms with Gasteiger partial charge in [0.2, 0.25) is 11.8 Å². The zero-order valence-electron chi connectivity index (χ0n) is 17.6. The molecule has 1 aliphatic heterocycles. The maximum atomic E-state index is 12.3. The molecule has 0 unspecified atom stereocenters. The van der Waals surface area contributed by atoms with Gasteiger partial charge in [-0.2, -0.15) is 0 Å². The second kappa shape index (κ2) is 11.0. The molecule has 2 heterocycles. The number of rotatable bonds is 8. The maximum Gasteiger partial charge on any atom is 0.234 e.